The number of benzene rings is 2. The highest BCUT2D eigenvalue weighted by atomic mass is 16.6. The van der Waals surface area contributed by atoms with E-state index >= 15 is 0 Å². The molecule has 1 saturated carbocycles. The number of amidine groups is 2. The molecule has 7 rings (SSSR count). The quantitative estimate of drug-likeness (QED) is 0.0898. The summed E-state index contributed by atoms with van der Waals surface area (Å²) >= 11 is 0. The second-order valence-electron chi connectivity index (χ2n) is 19.9. The molecule has 0 spiro atoms. The fraction of sp³-hybridized carbons (Fsp3) is 0.615. The second-order valence-corrected chi connectivity index (χ2v) is 19.9. The Hall–Kier alpha value is -6.44. The number of carboxylic acid groups (broad SMARTS) is 1. The van der Waals surface area contributed by atoms with E-state index in [4.69, 9.17) is 36.9 Å². The van der Waals surface area contributed by atoms with Crippen LogP contribution >= 0.6 is 0 Å². The molecule has 2 aromatic rings. The fourth-order valence-electron chi connectivity index (χ4n) is 10.0. The van der Waals surface area contributed by atoms with Crippen molar-refractivity contribution in [2.75, 3.05) is 78.5 Å². The van der Waals surface area contributed by atoms with E-state index in [0.29, 0.717) is 94.1 Å². The first-order valence-corrected chi connectivity index (χ1v) is 26.0. The number of carbonyl (C=O) groups is 6. The number of amides is 6. The molecule has 0 unspecified atom stereocenters. The summed E-state index contributed by atoms with van der Waals surface area (Å²) in [7, 11) is 0. The van der Waals surface area contributed by atoms with Crippen LogP contribution in [0.2, 0.25) is 0 Å². The zero-order valence-electron chi connectivity index (χ0n) is 41.8. The molecule has 6 amide bonds. The van der Waals surface area contributed by atoms with Gasteiger partial charge < -0.3 is 61.6 Å². The molecule has 10 N–H and O–H groups in total. The smallest absolute Gasteiger partial charge is 0.410 e. The Kier molecular flexibility index (Phi) is 21.3. The number of piperidine rings is 3. The van der Waals surface area contributed by atoms with Gasteiger partial charge in [-0.1, -0.05) is 24.3 Å². The van der Waals surface area contributed by atoms with Crippen LogP contribution in [0.1, 0.15) is 128 Å². The molecular formula is C52H77N11O9. The maximum atomic E-state index is 13.0. The third-order valence-electron chi connectivity index (χ3n) is 14.8. The number of ether oxygens (including phenoxy) is 2. The molecule has 0 aromatic heterocycles. The molecule has 1 aliphatic carbocycles. The summed E-state index contributed by atoms with van der Waals surface area (Å²) < 4.78 is 11.8. The minimum atomic E-state index is -0.886. The lowest BCUT2D eigenvalue weighted by atomic mass is 9.92. The van der Waals surface area contributed by atoms with E-state index in [1.807, 2.05) is 4.90 Å². The Morgan fingerprint density at radius 3 is 1.32 bits per heavy atom. The maximum absolute atomic E-state index is 13.0. The van der Waals surface area contributed by atoms with Crippen LogP contribution in [0.4, 0.5) is 14.4 Å². The van der Waals surface area contributed by atoms with Gasteiger partial charge in [0.1, 0.15) is 23.9 Å². The van der Waals surface area contributed by atoms with Gasteiger partial charge in [0.25, 0.3) is 11.8 Å². The summed E-state index contributed by atoms with van der Waals surface area (Å²) in [5, 5.41) is 33.1. The van der Waals surface area contributed by atoms with Gasteiger partial charge in [-0.15, -0.1) is 0 Å². The Morgan fingerprint density at radius 2 is 0.931 bits per heavy atom. The van der Waals surface area contributed by atoms with Gasteiger partial charge in [-0.2, -0.15) is 0 Å². The van der Waals surface area contributed by atoms with E-state index < -0.39 is 6.09 Å². The van der Waals surface area contributed by atoms with Crippen LogP contribution in [0.25, 0.3) is 0 Å². The SMILES string of the molecule is N=C(N)c1ccc(C(=O)NCC2CCN(C(=O)OC3CCCC(OC(=O)N4CCC(CNC(=O)c5ccc(C(=N)N)cc5)CC4)CCC3)CC2)cc1.O=C(O)N1CCN(C(=O)CCCC2CCNCC2)CC1. The number of likely N-dealkylation sites (tertiary alicyclic amines) is 2. The average molecular weight is 1000 g/mol. The fourth-order valence-corrected chi connectivity index (χ4v) is 10.0. The van der Waals surface area contributed by atoms with Gasteiger partial charge in [-0.3, -0.25) is 25.2 Å². The molecule has 394 valence electrons. The van der Waals surface area contributed by atoms with Gasteiger partial charge in [-0.05, 0) is 145 Å². The van der Waals surface area contributed by atoms with Crippen molar-refractivity contribution in [2.45, 2.75) is 109 Å². The van der Waals surface area contributed by atoms with Gasteiger partial charge in [0.2, 0.25) is 5.91 Å². The molecule has 4 saturated heterocycles. The Morgan fingerprint density at radius 1 is 0.542 bits per heavy atom. The van der Waals surface area contributed by atoms with E-state index in [-0.39, 0.29) is 65.6 Å². The lowest BCUT2D eigenvalue weighted by Crippen LogP contribution is -2.50. The predicted molar refractivity (Wildman–Crippen MR) is 272 cm³/mol. The van der Waals surface area contributed by atoms with Crippen molar-refractivity contribution in [1.82, 2.24) is 35.6 Å². The van der Waals surface area contributed by atoms with Crippen LogP contribution in [0, 0.1) is 28.6 Å². The zero-order chi connectivity index (χ0) is 51.4. The lowest BCUT2D eigenvalue weighted by Gasteiger charge is -2.34. The van der Waals surface area contributed by atoms with Crippen LogP contribution in [-0.2, 0) is 14.3 Å². The number of nitrogen functional groups attached to an aromatic ring is 2. The largest absolute Gasteiger partial charge is 0.465 e. The number of nitrogens with one attached hydrogen (secondary N) is 5. The number of nitrogens with two attached hydrogens (primary N) is 2. The lowest BCUT2D eigenvalue weighted by molar-refractivity contribution is -0.132. The standard InChI is InChI=1S/C38H52N8O6.C14H25N3O3/c39-33(40)27-7-11-29(12-8-27)35(47)43-23-25-15-19-45(20-16-25)37(49)51-31-3-1-4-32(6-2-5-31)52-38(50)46-21-17-26(18-22-46)24-44-36(48)30-13-9-28(10-14-30)34(41)42;18-13(3-1-2-12-4-6-15-7-5-12)16-8-10-17(11-9-16)14(19)20/h7-14,25-26,31-32H,1-6,15-24H2,(H3,39,40)(H3,41,42)(H,43,47)(H,44,48);12,15H,1-11H2,(H,19,20). The van der Waals surface area contributed by atoms with Gasteiger partial charge in [-0.25, -0.2) is 14.4 Å². The molecule has 0 radical (unpaired) electrons. The number of piperazine rings is 1. The number of hydrogen-bond acceptors (Lipinski definition) is 11. The first kappa shape index (κ1) is 54.9. The summed E-state index contributed by atoms with van der Waals surface area (Å²) in [6.45, 7) is 7.57. The Bertz CT molecular complexity index is 2000. The predicted octanol–water partition coefficient (Wildman–Crippen LogP) is 5.18. The third-order valence-corrected chi connectivity index (χ3v) is 14.8. The summed E-state index contributed by atoms with van der Waals surface area (Å²) in [5.74, 6) is 1.08. The Labute approximate surface area is 423 Å². The topological polar surface area (TPSA) is 290 Å². The van der Waals surface area contributed by atoms with E-state index in [2.05, 4.69) is 16.0 Å². The first-order chi connectivity index (χ1) is 34.7. The number of nitrogens with zero attached hydrogens (tertiary/aromatic N) is 4. The number of carbonyl (C=O) groups excluding carboxylic acids is 5. The molecule has 5 fully saturated rings. The number of hydrogen-bond donors (Lipinski definition) is 8. The highest BCUT2D eigenvalue weighted by Crippen LogP contribution is 2.26. The summed E-state index contributed by atoms with van der Waals surface area (Å²) in [4.78, 5) is 80.6. The van der Waals surface area contributed by atoms with E-state index in [0.717, 1.165) is 96.1 Å². The third kappa shape index (κ3) is 17.4. The molecule has 0 bridgehead atoms. The molecule has 2 aromatic carbocycles. The normalized spacial score (nSPS) is 20.4. The highest BCUT2D eigenvalue weighted by molar-refractivity contribution is 5.99. The van der Waals surface area contributed by atoms with E-state index in [1.54, 1.807) is 58.3 Å². The van der Waals surface area contributed by atoms with Gasteiger partial charge in [0.05, 0.1) is 0 Å². The van der Waals surface area contributed by atoms with Crippen LogP contribution in [0.5, 0.6) is 0 Å². The van der Waals surface area contributed by atoms with Gasteiger partial charge >= 0.3 is 18.3 Å². The van der Waals surface area contributed by atoms with Crippen molar-refractivity contribution < 1.29 is 43.3 Å². The molecular weight excluding hydrogens is 923 g/mol. The van der Waals surface area contributed by atoms with Crippen LogP contribution in [-0.4, -0.2) is 163 Å². The van der Waals surface area contributed by atoms with E-state index in [9.17, 15) is 28.8 Å². The molecule has 4 heterocycles. The van der Waals surface area contributed by atoms with Crippen molar-refractivity contribution in [3.8, 4) is 0 Å². The van der Waals surface area contributed by atoms with Crippen LogP contribution in [0.3, 0.4) is 0 Å². The van der Waals surface area contributed by atoms with Crippen LogP contribution < -0.4 is 27.4 Å². The Balaban J connectivity index is 0.000000352. The maximum Gasteiger partial charge on any atom is 0.410 e. The minimum absolute atomic E-state index is 0.0399. The molecule has 72 heavy (non-hydrogen) atoms. The van der Waals surface area contributed by atoms with Crippen molar-refractivity contribution in [2.24, 2.45) is 29.2 Å². The van der Waals surface area contributed by atoms with Crippen molar-refractivity contribution in [3.63, 3.8) is 0 Å². The molecule has 5 aliphatic rings. The summed E-state index contributed by atoms with van der Waals surface area (Å²) in [6, 6.07) is 13.3. The highest BCUT2D eigenvalue weighted by Gasteiger charge is 2.30. The van der Waals surface area contributed by atoms with E-state index in [1.165, 1.54) is 17.7 Å². The van der Waals surface area contributed by atoms with Crippen molar-refractivity contribution in [3.05, 3.63) is 70.8 Å². The van der Waals surface area contributed by atoms with Gasteiger partial charge in [0.15, 0.2) is 0 Å². The molecule has 0 atom stereocenters. The second kappa shape index (κ2) is 28.0. The monoisotopic (exact) mass is 1000 g/mol. The number of rotatable bonds is 14. The zero-order valence-corrected chi connectivity index (χ0v) is 41.8. The summed E-state index contributed by atoms with van der Waals surface area (Å²) in [5.41, 5.74) is 13.1. The average Bonchev–Trinajstić information content (AvgIpc) is 3.39. The molecule has 20 nitrogen and oxygen atoms in total. The minimum Gasteiger partial charge on any atom is -0.465 e. The first-order valence-electron chi connectivity index (χ1n) is 26.0. The van der Waals surface area contributed by atoms with Gasteiger partial charge in [0, 0.05) is 94.1 Å². The molecule has 20 heteroatoms. The summed E-state index contributed by atoms with van der Waals surface area (Å²) in [6.07, 6.45) is 11.0. The van der Waals surface area contributed by atoms with Crippen molar-refractivity contribution in [1.29, 1.82) is 10.8 Å². The molecule has 4 aliphatic heterocycles. The van der Waals surface area contributed by atoms with Crippen LogP contribution in [0.15, 0.2) is 48.5 Å². The van der Waals surface area contributed by atoms with Crippen molar-refractivity contribution >= 4 is 47.7 Å².